The molecule has 0 N–H and O–H groups in total. The predicted molar refractivity (Wildman–Crippen MR) is 72.6 cm³/mol. The third-order valence-corrected chi connectivity index (χ3v) is 2.99. The molecule has 0 bridgehead atoms. The number of rotatable bonds is 3. The summed E-state index contributed by atoms with van der Waals surface area (Å²) in [6, 6.07) is 9.88. The molecule has 0 spiro atoms. The number of nitroso groups, excluding NO2 is 1. The second kappa shape index (κ2) is 4.73. The van der Waals surface area contributed by atoms with Crippen molar-refractivity contribution in [2.45, 2.75) is 0 Å². The van der Waals surface area contributed by atoms with Crippen molar-refractivity contribution in [2.75, 3.05) is 7.11 Å². The second-order valence-corrected chi connectivity index (χ2v) is 4.18. The van der Waals surface area contributed by atoms with Crippen molar-refractivity contribution < 1.29 is 9.13 Å². The van der Waals surface area contributed by atoms with E-state index in [4.69, 9.17) is 4.74 Å². The Labute approximate surface area is 113 Å². The van der Waals surface area contributed by atoms with Crippen LogP contribution in [0.2, 0.25) is 0 Å². The van der Waals surface area contributed by atoms with E-state index in [0.29, 0.717) is 22.7 Å². The monoisotopic (exact) mass is 271 g/mol. The fourth-order valence-electron chi connectivity index (χ4n) is 2.06. The number of nitrogens with zero attached hydrogens (tertiary/aromatic N) is 3. The summed E-state index contributed by atoms with van der Waals surface area (Å²) in [4.78, 5) is 15.4. The van der Waals surface area contributed by atoms with Crippen molar-refractivity contribution >= 4 is 11.5 Å². The number of hydrogen-bond acceptors (Lipinski definition) is 4. The molecule has 0 atom stereocenters. The van der Waals surface area contributed by atoms with E-state index < -0.39 is 5.82 Å². The van der Waals surface area contributed by atoms with Crippen LogP contribution in [-0.2, 0) is 0 Å². The summed E-state index contributed by atoms with van der Waals surface area (Å²) >= 11 is 0. The highest BCUT2D eigenvalue weighted by molar-refractivity contribution is 5.75. The number of ether oxygens (including phenoxy) is 1. The van der Waals surface area contributed by atoms with Crippen molar-refractivity contribution in [3.05, 3.63) is 53.3 Å². The predicted octanol–water partition coefficient (Wildman–Crippen LogP) is 3.55. The van der Waals surface area contributed by atoms with Gasteiger partial charge < -0.3 is 4.74 Å². The normalized spacial score (nSPS) is 10.7. The van der Waals surface area contributed by atoms with Gasteiger partial charge in [0.25, 0.3) is 0 Å². The first-order valence-corrected chi connectivity index (χ1v) is 5.88. The molecule has 5 nitrogen and oxygen atoms in total. The molecule has 0 amide bonds. The topological polar surface area (TPSA) is 56.0 Å². The first-order chi connectivity index (χ1) is 9.72. The first-order valence-electron chi connectivity index (χ1n) is 5.88. The van der Waals surface area contributed by atoms with Gasteiger partial charge in [0.05, 0.1) is 7.11 Å². The van der Waals surface area contributed by atoms with E-state index in [9.17, 15) is 9.30 Å². The number of imidazole rings is 1. The molecule has 0 aliphatic carbocycles. The van der Waals surface area contributed by atoms with Gasteiger partial charge in [-0.1, -0.05) is 12.1 Å². The number of hydrogen-bond donors (Lipinski definition) is 0. The van der Waals surface area contributed by atoms with Crippen LogP contribution >= 0.6 is 0 Å². The molecule has 1 aromatic carbocycles. The minimum Gasteiger partial charge on any atom is -0.497 e. The average molecular weight is 271 g/mol. The fraction of sp³-hybridized carbons (Fsp3) is 0.0714. The van der Waals surface area contributed by atoms with Crippen LogP contribution in [0.5, 0.6) is 5.75 Å². The van der Waals surface area contributed by atoms with Crippen molar-refractivity contribution in [1.29, 1.82) is 0 Å². The Morgan fingerprint density at radius 1 is 1.30 bits per heavy atom. The number of fused-ring (bicyclic) bond motifs is 1. The van der Waals surface area contributed by atoms with E-state index in [1.54, 1.807) is 31.4 Å². The van der Waals surface area contributed by atoms with Crippen LogP contribution < -0.4 is 4.74 Å². The van der Waals surface area contributed by atoms with Gasteiger partial charge in [-0.15, -0.1) is 4.91 Å². The molecule has 0 fully saturated rings. The molecule has 3 rings (SSSR count). The van der Waals surface area contributed by atoms with Gasteiger partial charge in [-0.25, -0.2) is 9.37 Å². The summed E-state index contributed by atoms with van der Waals surface area (Å²) in [5.41, 5.74) is 1.53. The largest absolute Gasteiger partial charge is 0.497 e. The van der Waals surface area contributed by atoms with Gasteiger partial charge in [0.2, 0.25) is 5.82 Å². The lowest BCUT2D eigenvalue weighted by atomic mass is 10.1. The number of pyridine rings is 1. The molecule has 6 heteroatoms. The minimum atomic E-state index is -0.461. The standard InChI is InChI=1S/C14H10FN3O2/c1-20-11-4-2-3-9(7-11)13-14(17-19)18-8-10(15)5-6-12(18)16-13/h2-8H,1H3. The Hall–Kier alpha value is -2.76. The maximum absolute atomic E-state index is 13.3. The van der Waals surface area contributed by atoms with Crippen LogP contribution in [0.4, 0.5) is 10.2 Å². The second-order valence-electron chi connectivity index (χ2n) is 4.18. The average Bonchev–Trinajstić information content (AvgIpc) is 2.85. The van der Waals surface area contributed by atoms with Crippen LogP contribution in [0.25, 0.3) is 16.9 Å². The molecule has 0 saturated heterocycles. The summed E-state index contributed by atoms with van der Waals surface area (Å²) in [5, 5.41) is 2.97. The Bertz CT molecular complexity index is 798. The van der Waals surface area contributed by atoms with Gasteiger partial charge in [-0.05, 0) is 29.4 Å². The summed E-state index contributed by atoms with van der Waals surface area (Å²) in [7, 11) is 1.55. The highest BCUT2D eigenvalue weighted by Crippen LogP contribution is 2.32. The SMILES string of the molecule is COc1cccc(-c2nc3ccc(F)cn3c2N=O)c1. The van der Waals surface area contributed by atoms with Crippen LogP contribution in [0.3, 0.4) is 0 Å². The number of methoxy groups -OCH3 is 1. The lowest BCUT2D eigenvalue weighted by Crippen LogP contribution is -1.85. The Morgan fingerprint density at radius 3 is 2.90 bits per heavy atom. The maximum Gasteiger partial charge on any atom is 0.209 e. The quantitative estimate of drug-likeness (QED) is 0.684. The molecule has 3 aromatic rings. The van der Waals surface area contributed by atoms with E-state index in [1.807, 2.05) is 0 Å². The van der Waals surface area contributed by atoms with Crippen molar-refractivity contribution in [3.8, 4) is 17.0 Å². The van der Waals surface area contributed by atoms with Gasteiger partial charge in [0, 0.05) is 11.8 Å². The summed E-state index contributed by atoms with van der Waals surface area (Å²) in [5.74, 6) is 0.243. The summed E-state index contributed by atoms with van der Waals surface area (Å²) in [6.45, 7) is 0. The first kappa shape index (κ1) is 12.3. The molecule has 0 unspecified atom stereocenters. The Kier molecular flexibility index (Phi) is 2.90. The molecular weight excluding hydrogens is 261 g/mol. The van der Waals surface area contributed by atoms with Crippen molar-refractivity contribution in [2.24, 2.45) is 5.18 Å². The molecule has 20 heavy (non-hydrogen) atoms. The smallest absolute Gasteiger partial charge is 0.209 e. The molecule has 0 aliphatic rings. The van der Waals surface area contributed by atoms with E-state index in [0.717, 1.165) is 0 Å². The van der Waals surface area contributed by atoms with E-state index in [2.05, 4.69) is 10.2 Å². The van der Waals surface area contributed by atoms with Crippen molar-refractivity contribution in [3.63, 3.8) is 0 Å². The molecule has 0 aliphatic heterocycles. The minimum absolute atomic E-state index is 0.0627. The molecule has 0 saturated carbocycles. The van der Waals surface area contributed by atoms with E-state index >= 15 is 0 Å². The fourth-order valence-corrected chi connectivity index (χ4v) is 2.06. The zero-order chi connectivity index (χ0) is 14.1. The zero-order valence-electron chi connectivity index (χ0n) is 10.6. The number of halogens is 1. The van der Waals surface area contributed by atoms with Crippen LogP contribution in [0.1, 0.15) is 0 Å². The van der Waals surface area contributed by atoms with Gasteiger partial charge in [-0.2, -0.15) is 0 Å². The van der Waals surface area contributed by atoms with E-state index in [1.165, 1.54) is 22.7 Å². The van der Waals surface area contributed by atoms with Crippen LogP contribution in [-0.4, -0.2) is 16.5 Å². The summed E-state index contributed by atoms with van der Waals surface area (Å²) in [6.07, 6.45) is 1.18. The number of benzene rings is 1. The van der Waals surface area contributed by atoms with Crippen LogP contribution in [0.15, 0.2) is 47.8 Å². The van der Waals surface area contributed by atoms with Crippen molar-refractivity contribution in [1.82, 2.24) is 9.38 Å². The highest BCUT2D eigenvalue weighted by atomic mass is 19.1. The van der Waals surface area contributed by atoms with Gasteiger partial charge in [0.15, 0.2) is 0 Å². The maximum atomic E-state index is 13.3. The molecule has 0 radical (unpaired) electrons. The third kappa shape index (κ3) is 1.91. The molecule has 2 aromatic heterocycles. The van der Waals surface area contributed by atoms with Gasteiger partial charge >= 0.3 is 0 Å². The highest BCUT2D eigenvalue weighted by Gasteiger charge is 2.15. The molecule has 100 valence electrons. The Morgan fingerprint density at radius 2 is 2.15 bits per heavy atom. The number of aromatic nitrogens is 2. The van der Waals surface area contributed by atoms with E-state index in [-0.39, 0.29) is 5.82 Å². The van der Waals surface area contributed by atoms with Crippen LogP contribution in [0, 0.1) is 10.7 Å². The third-order valence-electron chi connectivity index (χ3n) is 2.99. The Balaban J connectivity index is 2.27. The van der Waals surface area contributed by atoms with Gasteiger partial charge in [0.1, 0.15) is 22.9 Å². The molecule has 2 heterocycles. The lowest BCUT2D eigenvalue weighted by molar-refractivity contribution is 0.415. The van der Waals surface area contributed by atoms with Gasteiger partial charge in [-0.3, -0.25) is 4.40 Å². The summed E-state index contributed by atoms with van der Waals surface area (Å²) < 4.78 is 19.7. The zero-order valence-corrected chi connectivity index (χ0v) is 10.6. The molecular formula is C14H10FN3O2. The lowest BCUT2D eigenvalue weighted by Gasteiger charge is -2.02.